The van der Waals surface area contributed by atoms with Gasteiger partial charge in [0.05, 0.1) is 6.04 Å². The van der Waals surface area contributed by atoms with Crippen molar-refractivity contribution in [1.29, 1.82) is 0 Å². The number of likely N-dealkylation sites (N-methyl/N-ethyl adjacent to an activating group) is 1. The molecule has 6 atom stereocenters. The predicted molar refractivity (Wildman–Crippen MR) is 239 cm³/mol. The highest BCUT2D eigenvalue weighted by atomic mass is 19.2. The molecule has 19 heteroatoms. The summed E-state index contributed by atoms with van der Waals surface area (Å²) in [5.74, 6) is 0.393. The first-order valence-electron chi connectivity index (χ1n) is 23.3. The summed E-state index contributed by atoms with van der Waals surface area (Å²) < 4.78 is 28.4. The number of benzene rings is 2. The lowest BCUT2D eigenvalue weighted by Crippen LogP contribution is -2.60. The number of likely N-dealkylation sites (tertiary alicyclic amines) is 1. The van der Waals surface area contributed by atoms with E-state index in [4.69, 9.17) is 11.5 Å². The Kier molecular flexibility index (Phi) is 15.7. The van der Waals surface area contributed by atoms with Crippen molar-refractivity contribution in [2.75, 3.05) is 32.7 Å². The molecule has 17 nitrogen and oxygen atoms in total. The summed E-state index contributed by atoms with van der Waals surface area (Å²) in [6.07, 6.45) is 3.83. The number of fused-ring (bicyclic) bond motifs is 2. The highest BCUT2D eigenvalue weighted by Gasteiger charge is 2.45. The maximum Gasteiger partial charge on any atom is 0.255 e. The average molecular weight is 928 g/mol. The molecule has 7 N–H and O–H groups in total. The van der Waals surface area contributed by atoms with Crippen molar-refractivity contribution < 1.29 is 47.1 Å². The summed E-state index contributed by atoms with van der Waals surface area (Å²) in [6, 6.07) is 3.22. The highest BCUT2D eigenvalue weighted by molar-refractivity contribution is 6.05. The van der Waals surface area contributed by atoms with Gasteiger partial charge in [0.2, 0.25) is 41.4 Å². The molecule has 0 aliphatic carbocycles. The summed E-state index contributed by atoms with van der Waals surface area (Å²) in [5, 5.41) is 7.78. The van der Waals surface area contributed by atoms with Crippen LogP contribution in [0.25, 0.3) is 0 Å². The molecule has 0 bridgehead atoms. The monoisotopic (exact) mass is 927 g/mol. The number of imide groups is 1. The normalized spacial score (nSPS) is 23.3. The topological polar surface area (TPSA) is 238 Å². The van der Waals surface area contributed by atoms with Gasteiger partial charge in [0, 0.05) is 75.6 Å². The van der Waals surface area contributed by atoms with Gasteiger partial charge in [-0.05, 0) is 99.2 Å². The molecule has 7 rings (SSSR count). The Hall–Kier alpha value is -6.26. The molecular formula is C48H59F2N9O8. The van der Waals surface area contributed by atoms with Crippen molar-refractivity contribution in [3.63, 3.8) is 0 Å². The fourth-order valence-electron chi connectivity index (χ4n) is 10.0. The van der Waals surface area contributed by atoms with Crippen LogP contribution in [0.15, 0.2) is 36.4 Å². The zero-order valence-corrected chi connectivity index (χ0v) is 37.7. The van der Waals surface area contributed by atoms with E-state index in [1.165, 1.54) is 15.9 Å². The van der Waals surface area contributed by atoms with E-state index in [1.807, 2.05) is 13.0 Å². The fraction of sp³-hybridized carbons (Fsp3) is 0.542. The Balaban J connectivity index is 0.981. The van der Waals surface area contributed by atoms with E-state index in [1.54, 1.807) is 17.0 Å². The molecule has 0 saturated carbocycles. The average Bonchev–Trinajstić information content (AvgIpc) is 3.88. The van der Waals surface area contributed by atoms with E-state index in [0.29, 0.717) is 75.8 Å². The van der Waals surface area contributed by atoms with Gasteiger partial charge in [-0.3, -0.25) is 43.7 Å². The first-order valence-corrected chi connectivity index (χ1v) is 23.3. The number of hydrogen-bond acceptors (Lipinski definition) is 10. The molecule has 67 heavy (non-hydrogen) atoms. The Morgan fingerprint density at radius 2 is 1.70 bits per heavy atom. The van der Waals surface area contributed by atoms with Crippen molar-refractivity contribution in [2.45, 2.75) is 127 Å². The highest BCUT2D eigenvalue weighted by Crippen LogP contribution is 2.31. The first kappa shape index (κ1) is 48.7. The van der Waals surface area contributed by atoms with Gasteiger partial charge >= 0.3 is 0 Å². The van der Waals surface area contributed by atoms with E-state index in [2.05, 4.69) is 32.7 Å². The van der Waals surface area contributed by atoms with E-state index in [-0.39, 0.29) is 73.9 Å². The number of hydrogen-bond donors (Lipinski definition) is 5. The van der Waals surface area contributed by atoms with Crippen LogP contribution in [-0.4, -0.2) is 136 Å². The van der Waals surface area contributed by atoms with Gasteiger partial charge in [-0.25, -0.2) is 8.78 Å². The molecular weight excluding hydrogens is 869 g/mol. The molecule has 0 spiro atoms. The molecule has 0 radical (unpaired) electrons. The second kappa shape index (κ2) is 21.6. The minimum absolute atomic E-state index is 0.159. The van der Waals surface area contributed by atoms with Gasteiger partial charge in [-0.1, -0.05) is 30.9 Å². The minimum atomic E-state index is -1.33. The van der Waals surface area contributed by atoms with Gasteiger partial charge in [0.15, 0.2) is 11.6 Å². The number of carbonyl (C=O) groups is 8. The molecule has 2 aromatic carbocycles. The summed E-state index contributed by atoms with van der Waals surface area (Å²) >= 11 is 0. The molecule has 5 aliphatic heterocycles. The van der Waals surface area contributed by atoms with E-state index in [0.717, 1.165) is 30.7 Å². The Morgan fingerprint density at radius 1 is 0.925 bits per heavy atom. The molecule has 358 valence electrons. The molecule has 2 aromatic rings. The van der Waals surface area contributed by atoms with Crippen LogP contribution >= 0.6 is 0 Å². The number of amides is 8. The lowest BCUT2D eigenvalue weighted by Gasteiger charge is -2.37. The Bertz CT molecular complexity index is 2350. The van der Waals surface area contributed by atoms with Crippen molar-refractivity contribution in [1.82, 2.24) is 35.6 Å². The SMILES string of the molecule is CCN1CC[C@H]2CC[C@@H](C(=O)N[C@@H](CCC(N)=O)C(=O)NC(Cc3ccc(F)c(F)c3)C(=O)N3CCC(CCC#Cc4cccc5c4CN(C4CCC(=O)NC4=O)C5=O)CC3)N2C(=O)[C@@H](N)C1. The molecule has 0 aromatic heterocycles. The van der Waals surface area contributed by atoms with E-state index in [9.17, 15) is 47.1 Å². The second-order valence-corrected chi connectivity index (χ2v) is 18.2. The van der Waals surface area contributed by atoms with E-state index >= 15 is 0 Å². The molecule has 4 saturated heterocycles. The molecule has 2 unspecified atom stereocenters. The lowest BCUT2D eigenvalue weighted by molar-refractivity contribution is -0.144. The largest absolute Gasteiger partial charge is 0.370 e. The molecule has 4 fully saturated rings. The third-order valence-electron chi connectivity index (χ3n) is 13.8. The number of nitrogens with two attached hydrogens (primary N) is 2. The van der Waals surface area contributed by atoms with Crippen LogP contribution in [0.3, 0.4) is 0 Å². The summed E-state index contributed by atoms with van der Waals surface area (Å²) in [6.45, 7) is 4.67. The Morgan fingerprint density at radius 3 is 2.42 bits per heavy atom. The van der Waals surface area contributed by atoms with Crippen LogP contribution in [0.2, 0.25) is 0 Å². The van der Waals surface area contributed by atoms with E-state index < -0.39 is 71.4 Å². The van der Waals surface area contributed by atoms with Crippen LogP contribution in [0, 0.1) is 29.4 Å². The van der Waals surface area contributed by atoms with Crippen LogP contribution in [-0.2, 0) is 46.5 Å². The smallest absolute Gasteiger partial charge is 0.255 e. The van der Waals surface area contributed by atoms with Gasteiger partial charge in [0.1, 0.15) is 24.2 Å². The standard InChI is InChI=1S/C48H59F2N9O8/c1-2-56-21-20-31-11-14-40(59(31)47(66)36(51)27-56)45(64)53-37(13-16-41(52)60)43(62)54-38(25-29-10-12-34(49)35(50)24-29)48(67)57-22-18-28(19-23-57)6-3-4-7-30-8-5-9-32-33(30)26-58(46(32)65)39-15-17-42(61)55-44(39)63/h5,8-10,12,24,28,31,36-40H,2-3,6,11,13-23,25-27,51H2,1H3,(H2,52,60)(H,53,64)(H,54,62)(H,55,61,63)/t31-,36+,37+,38?,39?,40+/m1/s1. The third kappa shape index (κ3) is 11.5. The van der Waals surface area contributed by atoms with Crippen LogP contribution in [0.1, 0.15) is 105 Å². The number of primary amides is 1. The molecule has 5 aliphatic rings. The minimum Gasteiger partial charge on any atom is -0.370 e. The van der Waals surface area contributed by atoms with Gasteiger partial charge in [-0.15, -0.1) is 0 Å². The maximum atomic E-state index is 14.4. The predicted octanol–water partition coefficient (Wildman–Crippen LogP) is 0.986. The zero-order valence-electron chi connectivity index (χ0n) is 37.7. The number of nitrogens with zero attached hydrogens (tertiary/aromatic N) is 4. The summed E-state index contributed by atoms with van der Waals surface area (Å²) in [7, 11) is 0. The zero-order chi connectivity index (χ0) is 47.9. The van der Waals surface area contributed by atoms with Gasteiger partial charge in [0.25, 0.3) is 5.91 Å². The van der Waals surface area contributed by atoms with Crippen molar-refractivity contribution in [2.24, 2.45) is 17.4 Å². The van der Waals surface area contributed by atoms with Crippen molar-refractivity contribution in [3.05, 3.63) is 70.3 Å². The number of nitrogens with one attached hydrogen (secondary N) is 3. The van der Waals surface area contributed by atoms with Crippen molar-refractivity contribution in [3.8, 4) is 11.8 Å². The van der Waals surface area contributed by atoms with Gasteiger partial charge in [-0.2, -0.15) is 0 Å². The first-order chi connectivity index (χ1) is 32.1. The quantitative estimate of drug-likeness (QED) is 0.133. The number of carbonyl (C=O) groups excluding carboxylic acids is 8. The summed E-state index contributed by atoms with van der Waals surface area (Å²) in [5.41, 5.74) is 13.9. The number of rotatable bonds is 14. The third-order valence-corrected chi connectivity index (χ3v) is 13.8. The number of halogens is 2. The molecule has 5 heterocycles. The van der Waals surface area contributed by atoms with Crippen LogP contribution in [0.5, 0.6) is 0 Å². The van der Waals surface area contributed by atoms with Crippen LogP contribution in [0.4, 0.5) is 8.78 Å². The molecule has 8 amide bonds. The van der Waals surface area contributed by atoms with Crippen LogP contribution < -0.4 is 27.4 Å². The number of piperidine rings is 2. The second-order valence-electron chi connectivity index (χ2n) is 18.2. The van der Waals surface area contributed by atoms with Crippen molar-refractivity contribution >= 4 is 47.3 Å². The van der Waals surface area contributed by atoms with Gasteiger partial charge < -0.3 is 41.7 Å². The fourth-order valence-corrected chi connectivity index (χ4v) is 10.0. The maximum absolute atomic E-state index is 14.4. The lowest BCUT2D eigenvalue weighted by atomic mass is 9.91. The Labute approximate surface area is 388 Å². The summed E-state index contributed by atoms with van der Waals surface area (Å²) in [4.78, 5) is 112.